The van der Waals surface area contributed by atoms with Crippen LogP contribution >= 0.6 is 19.4 Å². The number of likely N-dealkylation sites (N-methyl/N-ethyl adjacent to an activating group) is 1. The van der Waals surface area contributed by atoms with Crippen molar-refractivity contribution in [2.75, 3.05) is 32.7 Å². The summed E-state index contributed by atoms with van der Waals surface area (Å²) in [6, 6.07) is -1.89. The lowest BCUT2D eigenvalue weighted by Gasteiger charge is -2.53. The van der Waals surface area contributed by atoms with E-state index >= 15 is 0 Å². The number of rotatable bonds is 1. The highest BCUT2D eigenvalue weighted by atomic mass is 32.2. The fourth-order valence-electron chi connectivity index (χ4n) is 6.42. The smallest absolute Gasteiger partial charge is 0.328 e. The van der Waals surface area contributed by atoms with Crippen LogP contribution in [0.4, 0.5) is 9.59 Å². The van der Waals surface area contributed by atoms with Crippen molar-refractivity contribution < 1.29 is 47.7 Å². The molecule has 14 nitrogen and oxygen atoms in total. The Morgan fingerprint density at radius 1 is 1.21 bits per heavy atom. The molecule has 16 heteroatoms. The Labute approximate surface area is 223 Å². The van der Waals surface area contributed by atoms with Crippen LogP contribution in [0.25, 0.3) is 0 Å². The van der Waals surface area contributed by atoms with Gasteiger partial charge in [0.15, 0.2) is 0 Å². The Morgan fingerprint density at radius 2 is 1.97 bits per heavy atom. The molecule has 5 saturated heterocycles. The van der Waals surface area contributed by atoms with Crippen molar-refractivity contribution in [2.45, 2.75) is 67.5 Å². The summed E-state index contributed by atoms with van der Waals surface area (Å²) < 4.78 is 36.6. The van der Waals surface area contributed by atoms with E-state index in [1.165, 1.54) is 33.1 Å². The third-order valence-electron chi connectivity index (χ3n) is 8.26. The average molecular weight is 575 g/mol. The minimum absolute atomic E-state index is 0.0508. The van der Waals surface area contributed by atoms with Crippen molar-refractivity contribution >= 4 is 37.3 Å². The minimum atomic E-state index is -3.72. The number of carbonyl (C=O) groups is 3. The number of aliphatic hydroxyl groups excluding tert-OH is 2. The van der Waals surface area contributed by atoms with Crippen LogP contribution in [-0.4, -0.2) is 123 Å². The van der Waals surface area contributed by atoms with Gasteiger partial charge in [-0.15, -0.1) is 11.8 Å². The molecule has 10 atom stereocenters. The number of urea groups is 2. The van der Waals surface area contributed by atoms with Gasteiger partial charge in [-0.25, -0.2) is 9.59 Å². The molecule has 38 heavy (non-hydrogen) atoms. The van der Waals surface area contributed by atoms with Gasteiger partial charge in [0, 0.05) is 38.5 Å². The van der Waals surface area contributed by atoms with Crippen molar-refractivity contribution in [2.24, 2.45) is 5.92 Å². The molecule has 210 valence electrons. The Balaban J connectivity index is 1.48. The van der Waals surface area contributed by atoms with E-state index < -0.39 is 85.9 Å². The van der Waals surface area contributed by atoms with Gasteiger partial charge < -0.3 is 33.6 Å². The number of fused-ring (bicyclic) bond motifs is 4. The second-order valence-electron chi connectivity index (χ2n) is 10.5. The van der Waals surface area contributed by atoms with Crippen LogP contribution in [0.1, 0.15) is 19.8 Å². The molecule has 3 N–H and O–H groups in total. The molecule has 7 rings (SSSR count). The van der Waals surface area contributed by atoms with Crippen LogP contribution < -0.4 is 5.32 Å². The van der Waals surface area contributed by atoms with Gasteiger partial charge in [-0.3, -0.25) is 24.5 Å². The van der Waals surface area contributed by atoms with E-state index in [-0.39, 0.29) is 19.4 Å². The van der Waals surface area contributed by atoms with E-state index in [1.54, 1.807) is 13.2 Å². The molecule has 0 unspecified atom stereocenters. The molecule has 5 fully saturated rings. The summed E-state index contributed by atoms with van der Waals surface area (Å²) in [5.41, 5.74) is 0.719. The Morgan fingerprint density at radius 3 is 2.71 bits per heavy atom. The second-order valence-corrected chi connectivity index (χ2v) is 13.8. The monoisotopic (exact) mass is 574 g/mol. The molecule has 0 aliphatic carbocycles. The van der Waals surface area contributed by atoms with Gasteiger partial charge in [0.2, 0.25) is 5.91 Å². The topological polar surface area (TPSA) is 167 Å². The number of hydrogen-bond acceptors (Lipinski definition) is 11. The second kappa shape index (κ2) is 9.16. The standard InChI is InChI=1S/C22H31N4O10PS/c1-10-6-25-16-4-12(28)15(35-16)8-33-37(3,32)36-13-5-17(34-14(13)7-27)26-18-11(19(29)23-20(26)30)9-38-22(10,18)24(2)21(25)31/h6,11-18,27-28H,4-5,7-9H2,1-3H3,(H,23,29,30)/t11-,12-,13-,14+,15+,16+,17+,18-,22-,37-/m0/s1. The molecule has 0 saturated carbocycles. The van der Waals surface area contributed by atoms with Gasteiger partial charge >= 0.3 is 19.7 Å². The van der Waals surface area contributed by atoms with Gasteiger partial charge in [0.1, 0.15) is 29.5 Å². The highest BCUT2D eigenvalue weighted by Gasteiger charge is 2.65. The van der Waals surface area contributed by atoms with E-state index in [9.17, 15) is 29.2 Å². The summed E-state index contributed by atoms with van der Waals surface area (Å²) in [4.78, 5) is 43.4. The van der Waals surface area contributed by atoms with Crippen LogP contribution in [0, 0.1) is 5.92 Å². The summed E-state index contributed by atoms with van der Waals surface area (Å²) in [7, 11) is -2.10. The summed E-state index contributed by atoms with van der Waals surface area (Å²) in [6.45, 7) is 2.40. The molecule has 1 spiro atoms. The SMILES string of the molecule is CC1=CN2C(=O)N(C)[C@]13SC[C@@H]1C(=O)NC(=O)N([C@@H]13)[C@H]1C[C@H](O[P@@](C)(=O)OC[C@H]3O[C@@H]2C[C@@H]3O)[C@@H](CO)O1. The first kappa shape index (κ1) is 26.5. The van der Waals surface area contributed by atoms with Gasteiger partial charge in [0.25, 0.3) is 0 Å². The molecule has 7 heterocycles. The summed E-state index contributed by atoms with van der Waals surface area (Å²) in [5.74, 6) is -0.739. The maximum absolute atomic E-state index is 13.8. The van der Waals surface area contributed by atoms with Crippen molar-refractivity contribution in [3.05, 3.63) is 11.8 Å². The number of imide groups is 1. The van der Waals surface area contributed by atoms with Crippen molar-refractivity contribution in [3.63, 3.8) is 0 Å². The van der Waals surface area contributed by atoms with Crippen molar-refractivity contribution in [3.8, 4) is 0 Å². The molecule has 7 aliphatic rings. The maximum atomic E-state index is 13.8. The fourth-order valence-corrected chi connectivity index (χ4v) is 9.38. The van der Waals surface area contributed by atoms with E-state index in [2.05, 4.69) is 5.32 Å². The normalized spacial score (nSPS) is 46.9. The number of nitrogens with zero attached hydrogens (tertiary/aromatic N) is 3. The minimum Gasteiger partial charge on any atom is -0.394 e. The first-order valence-electron chi connectivity index (χ1n) is 12.5. The summed E-state index contributed by atoms with van der Waals surface area (Å²) >= 11 is 1.40. The zero-order valence-corrected chi connectivity index (χ0v) is 22.8. The van der Waals surface area contributed by atoms with Crippen molar-refractivity contribution in [1.82, 2.24) is 20.0 Å². The quantitative estimate of drug-likeness (QED) is 0.362. The van der Waals surface area contributed by atoms with E-state index in [1.807, 2.05) is 6.92 Å². The lowest BCUT2D eigenvalue weighted by Crippen LogP contribution is -2.72. The molecule has 7 aliphatic heterocycles. The van der Waals surface area contributed by atoms with E-state index in [0.717, 1.165) is 5.57 Å². The highest BCUT2D eigenvalue weighted by Crippen LogP contribution is 2.55. The summed E-state index contributed by atoms with van der Waals surface area (Å²) in [5, 5.41) is 23.1. The Kier molecular flexibility index (Phi) is 6.39. The van der Waals surface area contributed by atoms with Gasteiger partial charge in [-0.2, -0.15) is 0 Å². The summed E-state index contributed by atoms with van der Waals surface area (Å²) in [6.07, 6.45) is -3.57. The molecule has 0 radical (unpaired) electrons. The number of ether oxygens (including phenoxy) is 2. The number of aliphatic hydroxyl groups is 2. The predicted octanol–water partition coefficient (Wildman–Crippen LogP) is 0.0588. The number of thioether (sulfide) groups is 1. The highest BCUT2D eigenvalue weighted by molar-refractivity contribution is 8.01. The van der Waals surface area contributed by atoms with Gasteiger partial charge in [0.05, 0.1) is 37.4 Å². The fraction of sp³-hybridized carbons (Fsp3) is 0.773. The van der Waals surface area contributed by atoms with Crippen LogP contribution in [0.15, 0.2) is 11.8 Å². The first-order chi connectivity index (χ1) is 18.0. The molecule has 0 aromatic carbocycles. The third-order valence-corrected chi connectivity index (χ3v) is 11.3. The number of nitrogens with one attached hydrogen (secondary N) is 1. The number of carbonyl (C=O) groups excluding carboxylic acids is 3. The number of amides is 5. The molecule has 6 bridgehead atoms. The molecule has 0 aromatic rings. The largest absolute Gasteiger partial charge is 0.394 e. The predicted molar refractivity (Wildman–Crippen MR) is 131 cm³/mol. The lowest BCUT2D eigenvalue weighted by atomic mass is 9.85. The molecular weight excluding hydrogens is 543 g/mol. The van der Waals surface area contributed by atoms with Crippen molar-refractivity contribution in [1.29, 1.82) is 0 Å². The van der Waals surface area contributed by atoms with Crippen LogP contribution in [0.3, 0.4) is 0 Å². The third kappa shape index (κ3) is 3.85. The van der Waals surface area contributed by atoms with Crippen LogP contribution in [0.2, 0.25) is 0 Å². The molecular formula is C22H31N4O10PS. The maximum Gasteiger partial charge on any atom is 0.328 e. The van der Waals surface area contributed by atoms with E-state index in [4.69, 9.17) is 18.5 Å². The van der Waals surface area contributed by atoms with E-state index in [0.29, 0.717) is 5.75 Å². The van der Waals surface area contributed by atoms with Gasteiger partial charge in [-0.1, -0.05) is 0 Å². The van der Waals surface area contributed by atoms with Gasteiger partial charge in [-0.05, 0) is 12.5 Å². The zero-order valence-electron chi connectivity index (χ0n) is 21.1. The molecule has 0 aromatic heterocycles. The Bertz CT molecular complexity index is 1140. The van der Waals surface area contributed by atoms with Crippen LogP contribution in [-0.2, 0) is 27.9 Å². The van der Waals surface area contributed by atoms with Crippen LogP contribution in [0.5, 0.6) is 0 Å². The average Bonchev–Trinajstić information content (AvgIpc) is 3.54. The number of hydrogen-bond donors (Lipinski definition) is 3. The first-order valence-corrected chi connectivity index (χ1v) is 15.5. The molecule has 5 amide bonds. The zero-order chi connectivity index (χ0) is 27.1. The lowest BCUT2D eigenvalue weighted by molar-refractivity contribution is -0.135. The Hall–Kier alpha value is -1.71.